The molecule has 146 valence electrons. The van der Waals surface area contributed by atoms with Crippen LogP contribution in [-0.2, 0) is 16.0 Å². The number of fused-ring (bicyclic) bond motifs is 1. The molecule has 1 heterocycles. The van der Waals surface area contributed by atoms with Gasteiger partial charge in [0.25, 0.3) is 0 Å². The van der Waals surface area contributed by atoms with Crippen LogP contribution in [0.5, 0.6) is 11.5 Å². The Morgan fingerprint density at radius 3 is 2.57 bits per heavy atom. The predicted octanol–water partition coefficient (Wildman–Crippen LogP) is 3.67. The standard InChI is InChI=1S/C20H20N2O5S/c1-4-27-19(24)13-6-7-14-17(11-13)28-20(21-14)22-18(23)10-12-5-8-15(25-2)16(9-12)26-3/h5-9,11H,4,10H2,1-3H3,(H,21,22,23). The molecule has 1 aromatic heterocycles. The van der Waals surface area contributed by atoms with Crippen LogP contribution in [0, 0.1) is 0 Å². The van der Waals surface area contributed by atoms with Gasteiger partial charge < -0.3 is 19.5 Å². The molecule has 0 saturated carbocycles. The summed E-state index contributed by atoms with van der Waals surface area (Å²) in [7, 11) is 3.11. The van der Waals surface area contributed by atoms with Gasteiger partial charge in [0.2, 0.25) is 5.91 Å². The number of esters is 1. The Hall–Kier alpha value is -3.13. The van der Waals surface area contributed by atoms with Crippen LogP contribution in [0.25, 0.3) is 10.2 Å². The van der Waals surface area contributed by atoms with E-state index in [1.54, 1.807) is 51.5 Å². The van der Waals surface area contributed by atoms with E-state index in [0.29, 0.717) is 34.3 Å². The first-order chi connectivity index (χ1) is 13.5. The summed E-state index contributed by atoms with van der Waals surface area (Å²) in [5, 5.41) is 3.27. The first-order valence-corrected chi connectivity index (χ1v) is 9.44. The van der Waals surface area contributed by atoms with Crippen molar-refractivity contribution in [2.24, 2.45) is 0 Å². The van der Waals surface area contributed by atoms with Gasteiger partial charge in [-0.1, -0.05) is 17.4 Å². The number of rotatable bonds is 7. The summed E-state index contributed by atoms with van der Waals surface area (Å²) in [6.45, 7) is 2.08. The number of anilines is 1. The fourth-order valence-corrected chi connectivity index (χ4v) is 3.58. The third kappa shape index (κ3) is 4.40. The number of benzene rings is 2. The maximum atomic E-state index is 12.4. The second-order valence-electron chi connectivity index (χ2n) is 5.84. The van der Waals surface area contributed by atoms with Crippen LogP contribution in [0.3, 0.4) is 0 Å². The second-order valence-corrected chi connectivity index (χ2v) is 6.87. The minimum Gasteiger partial charge on any atom is -0.493 e. The van der Waals surface area contributed by atoms with E-state index in [-0.39, 0.29) is 18.3 Å². The van der Waals surface area contributed by atoms with E-state index in [9.17, 15) is 9.59 Å². The van der Waals surface area contributed by atoms with Crippen LogP contribution in [0.4, 0.5) is 5.13 Å². The number of carbonyl (C=O) groups is 2. The molecule has 0 spiro atoms. The lowest BCUT2D eigenvalue weighted by molar-refractivity contribution is -0.115. The molecular weight excluding hydrogens is 380 g/mol. The van der Waals surface area contributed by atoms with Crippen molar-refractivity contribution < 1.29 is 23.8 Å². The fourth-order valence-electron chi connectivity index (χ4n) is 2.66. The first kappa shape index (κ1) is 19.6. The number of hydrogen-bond acceptors (Lipinski definition) is 7. The lowest BCUT2D eigenvalue weighted by atomic mass is 10.1. The van der Waals surface area contributed by atoms with Crippen molar-refractivity contribution in [1.29, 1.82) is 0 Å². The fraction of sp³-hybridized carbons (Fsp3) is 0.250. The zero-order chi connectivity index (χ0) is 20.1. The average molecular weight is 400 g/mol. The maximum absolute atomic E-state index is 12.4. The van der Waals surface area contributed by atoms with Gasteiger partial charge in [0.15, 0.2) is 16.6 Å². The topological polar surface area (TPSA) is 86.8 Å². The van der Waals surface area contributed by atoms with Crippen molar-refractivity contribution in [2.75, 3.05) is 26.1 Å². The zero-order valence-electron chi connectivity index (χ0n) is 15.8. The SMILES string of the molecule is CCOC(=O)c1ccc2nc(NC(=O)Cc3ccc(OC)c(OC)c3)sc2c1. The van der Waals surface area contributed by atoms with Gasteiger partial charge >= 0.3 is 5.97 Å². The van der Waals surface area contributed by atoms with E-state index < -0.39 is 0 Å². The Morgan fingerprint density at radius 1 is 1.07 bits per heavy atom. The second kappa shape index (κ2) is 8.71. The summed E-state index contributed by atoms with van der Waals surface area (Å²) in [6, 6.07) is 10.5. The molecule has 2 aromatic carbocycles. The Morgan fingerprint density at radius 2 is 1.86 bits per heavy atom. The Labute approximate surface area is 166 Å². The van der Waals surface area contributed by atoms with Crippen LogP contribution < -0.4 is 14.8 Å². The molecular formula is C20H20N2O5S. The number of nitrogens with one attached hydrogen (secondary N) is 1. The monoisotopic (exact) mass is 400 g/mol. The van der Waals surface area contributed by atoms with E-state index in [2.05, 4.69) is 10.3 Å². The number of hydrogen-bond donors (Lipinski definition) is 1. The maximum Gasteiger partial charge on any atom is 0.338 e. The largest absolute Gasteiger partial charge is 0.493 e. The number of methoxy groups -OCH3 is 2. The number of aromatic nitrogens is 1. The summed E-state index contributed by atoms with van der Waals surface area (Å²) >= 11 is 1.30. The van der Waals surface area contributed by atoms with Gasteiger partial charge in [-0.25, -0.2) is 9.78 Å². The van der Waals surface area contributed by atoms with Crippen molar-refractivity contribution >= 4 is 38.6 Å². The summed E-state index contributed by atoms with van der Waals surface area (Å²) in [6.07, 6.45) is 0.171. The Kier molecular flexibility index (Phi) is 6.10. The van der Waals surface area contributed by atoms with E-state index in [1.807, 2.05) is 6.07 Å². The smallest absolute Gasteiger partial charge is 0.338 e. The number of ether oxygens (including phenoxy) is 3. The molecule has 0 bridgehead atoms. The molecule has 1 amide bonds. The van der Waals surface area contributed by atoms with Gasteiger partial charge in [0, 0.05) is 0 Å². The van der Waals surface area contributed by atoms with Crippen molar-refractivity contribution in [3.63, 3.8) is 0 Å². The molecule has 7 nitrogen and oxygen atoms in total. The number of nitrogens with zero attached hydrogens (tertiary/aromatic N) is 1. The van der Waals surface area contributed by atoms with Gasteiger partial charge in [-0.3, -0.25) is 4.79 Å². The van der Waals surface area contributed by atoms with Gasteiger partial charge in [-0.15, -0.1) is 0 Å². The van der Waals surface area contributed by atoms with Crippen LogP contribution in [-0.4, -0.2) is 37.7 Å². The van der Waals surface area contributed by atoms with Crippen LogP contribution >= 0.6 is 11.3 Å². The molecule has 8 heteroatoms. The van der Waals surface area contributed by atoms with E-state index in [4.69, 9.17) is 14.2 Å². The van der Waals surface area contributed by atoms with Crippen molar-refractivity contribution in [1.82, 2.24) is 4.98 Å². The first-order valence-electron chi connectivity index (χ1n) is 8.62. The van der Waals surface area contributed by atoms with Crippen molar-refractivity contribution in [3.05, 3.63) is 47.5 Å². The molecule has 0 saturated heterocycles. The lowest BCUT2D eigenvalue weighted by Gasteiger charge is -2.09. The molecule has 0 fully saturated rings. The number of amides is 1. The molecule has 0 aliphatic rings. The number of thiazole rings is 1. The molecule has 0 aliphatic carbocycles. The van der Waals surface area contributed by atoms with E-state index in [0.717, 1.165) is 10.3 Å². The van der Waals surface area contributed by atoms with Crippen molar-refractivity contribution in [2.45, 2.75) is 13.3 Å². The third-order valence-corrected chi connectivity index (χ3v) is 4.89. The van der Waals surface area contributed by atoms with E-state index >= 15 is 0 Å². The van der Waals surface area contributed by atoms with Gasteiger partial charge in [0.1, 0.15) is 0 Å². The average Bonchev–Trinajstić information content (AvgIpc) is 3.09. The normalized spacial score (nSPS) is 10.5. The van der Waals surface area contributed by atoms with Crippen LogP contribution in [0.2, 0.25) is 0 Å². The summed E-state index contributed by atoms with van der Waals surface area (Å²) in [5.74, 6) is 0.600. The molecule has 1 N–H and O–H groups in total. The van der Waals surface area contributed by atoms with Crippen LogP contribution in [0.15, 0.2) is 36.4 Å². The Bertz CT molecular complexity index is 1010. The van der Waals surface area contributed by atoms with Gasteiger partial charge in [-0.05, 0) is 42.8 Å². The summed E-state index contributed by atoms with van der Waals surface area (Å²) < 4.78 is 16.3. The van der Waals surface area contributed by atoms with Gasteiger partial charge in [0.05, 0.1) is 43.0 Å². The lowest BCUT2D eigenvalue weighted by Crippen LogP contribution is -2.14. The highest BCUT2D eigenvalue weighted by atomic mass is 32.1. The predicted molar refractivity (Wildman–Crippen MR) is 107 cm³/mol. The molecule has 3 aromatic rings. The minimum atomic E-state index is -0.378. The van der Waals surface area contributed by atoms with Gasteiger partial charge in [-0.2, -0.15) is 0 Å². The van der Waals surface area contributed by atoms with Crippen molar-refractivity contribution in [3.8, 4) is 11.5 Å². The van der Waals surface area contributed by atoms with E-state index in [1.165, 1.54) is 11.3 Å². The minimum absolute atomic E-state index is 0.171. The molecule has 3 rings (SSSR count). The Balaban J connectivity index is 1.71. The summed E-state index contributed by atoms with van der Waals surface area (Å²) in [4.78, 5) is 28.6. The highest BCUT2D eigenvalue weighted by Gasteiger charge is 2.13. The molecule has 0 radical (unpaired) electrons. The quantitative estimate of drug-likeness (QED) is 0.609. The molecule has 0 aliphatic heterocycles. The highest BCUT2D eigenvalue weighted by molar-refractivity contribution is 7.22. The summed E-state index contributed by atoms with van der Waals surface area (Å²) in [5.41, 5.74) is 1.96. The molecule has 0 atom stereocenters. The third-order valence-electron chi connectivity index (χ3n) is 3.96. The molecule has 28 heavy (non-hydrogen) atoms. The van der Waals surface area contributed by atoms with Crippen LogP contribution in [0.1, 0.15) is 22.8 Å². The highest BCUT2D eigenvalue weighted by Crippen LogP contribution is 2.29. The number of carbonyl (C=O) groups excluding carboxylic acids is 2. The molecule has 0 unspecified atom stereocenters. The zero-order valence-corrected chi connectivity index (χ0v) is 16.6.